The predicted octanol–water partition coefficient (Wildman–Crippen LogP) is 2.79. The van der Waals surface area contributed by atoms with E-state index >= 15 is 0 Å². The zero-order chi connectivity index (χ0) is 17.8. The van der Waals surface area contributed by atoms with Gasteiger partial charge in [-0.05, 0) is 36.6 Å². The van der Waals surface area contributed by atoms with E-state index in [1.54, 1.807) is 6.20 Å². The molecular formula is C20H23N5O. The van der Waals surface area contributed by atoms with Crippen LogP contribution in [0.25, 0.3) is 10.9 Å². The van der Waals surface area contributed by atoms with Gasteiger partial charge in [0.05, 0.1) is 18.2 Å². The summed E-state index contributed by atoms with van der Waals surface area (Å²) in [7, 11) is 0. The number of anilines is 1. The van der Waals surface area contributed by atoms with Gasteiger partial charge in [-0.3, -0.25) is 9.88 Å². The Morgan fingerprint density at radius 3 is 2.85 bits per heavy atom. The molecule has 0 saturated carbocycles. The molecule has 1 atom stereocenters. The van der Waals surface area contributed by atoms with Crippen LogP contribution in [0.2, 0.25) is 0 Å². The summed E-state index contributed by atoms with van der Waals surface area (Å²) < 4.78 is 5.83. The molecule has 6 nitrogen and oxygen atoms in total. The molecule has 2 N–H and O–H groups in total. The van der Waals surface area contributed by atoms with Crippen molar-refractivity contribution in [2.45, 2.75) is 32.0 Å². The molecule has 3 heterocycles. The standard InChI is InChI=1S/C20H23N5O/c21-20-17-7-1-2-8-18(17)23-19(24-20)14-25(13-16-6-4-10-26-16)12-15-5-3-9-22-11-15/h1-3,5,7-9,11,16H,4,6,10,12-14H2,(H2,21,23,24). The van der Waals surface area contributed by atoms with Gasteiger partial charge in [-0.15, -0.1) is 0 Å². The molecule has 1 unspecified atom stereocenters. The van der Waals surface area contributed by atoms with Crippen molar-refractivity contribution in [3.8, 4) is 0 Å². The highest BCUT2D eigenvalue weighted by Gasteiger charge is 2.20. The molecule has 1 aliphatic rings. The van der Waals surface area contributed by atoms with Crippen molar-refractivity contribution in [1.29, 1.82) is 0 Å². The van der Waals surface area contributed by atoms with E-state index in [1.165, 1.54) is 5.56 Å². The van der Waals surface area contributed by atoms with E-state index in [2.05, 4.69) is 20.9 Å². The van der Waals surface area contributed by atoms with E-state index in [9.17, 15) is 0 Å². The second kappa shape index (κ2) is 7.76. The number of aromatic nitrogens is 3. The van der Waals surface area contributed by atoms with Crippen LogP contribution in [0.1, 0.15) is 24.2 Å². The normalized spacial score (nSPS) is 17.2. The van der Waals surface area contributed by atoms with Gasteiger partial charge < -0.3 is 10.5 Å². The van der Waals surface area contributed by atoms with Crippen molar-refractivity contribution in [2.75, 3.05) is 18.9 Å². The van der Waals surface area contributed by atoms with E-state index in [0.29, 0.717) is 12.4 Å². The van der Waals surface area contributed by atoms with E-state index < -0.39 is 0 Å². The first kappa shape index (κ1) is 16.9. The number of benzene rings is 1. The molecule has 1 fully saturated rings. The minimum atomic E-state index is 0.268. The van der Waals surface area contributed by atoms with Crippen molar-refractivity contribution in [2.24, 2.45) is 0 Å². The minimum Gasteiger partial charge on any atom is -0.383 e. The third kappa shape index (κ3) is 3.98. The van der Waals surface area contributed by atoms with Gasteiger partial charge in [0.15, 0.2) is 0 Å². The summed E-state index contributed by atoms with van der Waals surface area (Å²) in [6.45, 7) is 3.11. The van der Waals surface area contributed by atoms with Gasteiger partial charge in [0.25, 0.3) is 0 Å². The summed E-state index contributed by atoms with van der Waals surface area (Å²) in [5.74, 6) is 1.27. The van der Waals surface area contributed by atoms with Gasteiger partial charge in [0, 0.05) is 37.5 Å². The average molecular weight is 349 g/mol. The van der Waals surface area contributed by atoms with E-state index in [4.69, 9.17) is 15.5 Å². The molecule has 1 aromatic carbocycles. The first-order valence-corrected chi connectivity index (χ1v) is 9.02. The topological polar surface area (TPSA) is 77.2 Å². The smallest absolute Gasteiger partial charge is 0.145 e. The first-order chi connectivity index (χ1) is 12.8. The Hall–Kier alpha value is -2.57. The molecule has 0 aliphatic carbocycles. The lowest BCUT2D eigenvalue weighted by molar-refractivity contribution is 0.0670. The van der Waals surface area contributed by atoms with E-state index in [-0.39, 0.29) is 6.10 Å². The maximum absolute atomic E-state index is 6.14. The minimum absolute atomic E-state index is 0.268. The van der Waals surface area contributed by atoms with Gasteiger partial charge in [-0.2, -0.15) is 0 Å². The number of pyridine rings is 1. The fourth-order valence-electron chi connectivity index (χ4n) is 3.43. The number of rotatable bonds is 6. The molecule has 0 bridgehead atoms. The second-order valence-corrected chi connectivity index (χ2v) is 6.71. The molecule has 1 aliphatic heterocycles. The summed E-state index contributed by atoms with van der Waals surface area (Å²) in [5, 5.41) is 0.897. The highest BCUT2D eigenvalue weighted by atomic mass is 16.5. The molecule has 26 heavy (non-hydrogen) atoms. The lowest BCUT2D eigenvalue weighted by Gasteiger charge is -2.24. The zero-order valence-electron chi connectivity index (χ0n) is 14.7. The average Bonchev–Trinajstić information content (AvgIpc) is 3.16. The van der Waals surface area contributed by atoms with Crippen LogP contribution in [-0.2, 0) is 17.8 Å². The number of nitrogens with two attached hydrogens (primary N) is 1. The fraction of sp³-hybridized carbons (Fsp3) is 0.350. The number of fused-ring (bicyclic) bond motifs is 1. The Morgan fingerprint density at radius 1 is 1.12 bits per heavy atom. The second-order valence-electron chi connectivity index (χ2n) is 6.71. The van der Waals surface area contributed by atoms with Crippen molar-refractivity contribution < 1.29 is 4.74 Å². The quantitative estimate of drug-likeness (QED) is 0.737. The Labute approximate surface area is 153 Å². The van der Waals surface area contributed by atoms with Gasteiger partial charge >= 0.3 is 0 Å². The molecule has 0 radical (unpaired) electrons. The lowest BCUT2D eigenvalue weighted by Crippen LogP contribution is -2.32. The lowest BCUT2D eigenvalue weighted by atomic mass is 10.2. The van der Waals surface area contributed by atoms with Crippen LogP contribution in [0, 0.1) is 0 Å². The third-order valence-corrected chi connectivity index (χ3v) is 4.66. The van der Waals surface area contributed by atoms with Gasteiger partial charge in [0.1, 0.15) is 11.6 Å². The SMILES string of the molecule is Nc1nc(CN(Cc2cccnc2)CC2CCCO2)nc2ccccc12. The summed E-state index contributed by atoms with van der Waals surface area (Å²) in [6, 6.07) is 11.9. The Balaban J connectivity index is 1.56. The maximum atomic E-state index is 6.14. The van der Waals surface area contributed by atoms with E-state index in [1.807, 2.05) is 36.5 Å². The predicted molar refractivity (Wildman–Crippen MR) is 101 cm³/mol. The molecule has 6 heteroatoms. The number of hydrogen-bond acceptors (Lipinski definition) is 6. The summed E-state index contributed by atoms with van der Waals surface area (Å²) in [4.78, 5) is 15.8. The maximum Gasteiger partial charge on any atom is 0.145 e. The van der Waals surface area contributed by atoms with Crippen LogP contribution in [0.4, 0.5) is 5.82 Å². The van der Waals surface area contributed by atoms with Crippen LogP contribution >= 0.6 is 0 Å². The Morgan fingerprint density at radius 2 is 2.04 bits per heavy atom. The van der Waals surface area contributed by atoms with Crippen molar-refractivity contribution in [1.82, 2.24) is 19.9 Å². The number of nitrogen functional groups attached to an aromatic ring is 1. The highest BCUT2D eigenvalue weighted by Crippen LogP contribution is 2.20. The molecule has 0 amide bonds. The monoisotopic (exact) mass is 349 g/mol. The van der Waals surface area contributed by atoms with Gasteiger partial charge in [0.2, 0.25) is 0 Å². The van der Waals surface area contributed by atoms with Crippen LogP contribution < -0.4 is 5.73 Å². The number of hydrogen-bond donors (Lipinski definition) is 1. The van der Waals surface area contributed by atoms with Crippen LogP contribution in [0.15, 0.2) is 48.8 Å². The molecular weight excluding hydrogens is 326 g/mol. The van der Waals surface area contributed by atoms with E-state index in [0.717, 1.165) is 49.3 Å². The van der Waals surface area contributed by atoms with Crippen LogP contribution in [0.5, 0.6) is 0 Å². The highest BCUT2D eigenvalue weighted by molar-refractivity contribution is 5.87. The Bertz CT molecular complexity index is 864. The van der Waals surface area contributed by atoms with Crippen molar-refractivity contribution in [3.63, 3.8) is 0 Å². The van der Waals surface area contributed by atoms with Crippen molar-refractivity contribution >= 4 is 16.7 Å². The molecule has 4 rings (SSSR count). The third-order valence-electron chi connectivity index (χ3n) is 4.66. The van der Waals surface area contributed by atoms with Gasteiger partial charge in [-0.25, -0.2) is 9.97 Å². The zero-order valence-corrected chi connectivity index (χ0v) is 14.7. The molecule has 2 aromatic heterocycles. The number of para-hydroxylation sites is 1. The largest absolute Gasteiger partial charge is 0.383 e. The van der Waals surface area contributed by atoms with Gasteiger partial charge in [-0.1, -0.05) is 18.2 Å². The molecule has 3 aromatic rings. The van der Waals surface area contributed by atoms with Crippen LogP contribution in [0.3, 0.4) is 0 Å². The Kier molecular flexibility index (Phi) is 5.04. The summed E-state index contributed by atoms with van der Waals surface area (Å²) >= 11 is 0. The molecule has 134 valence electrons. The van der Waals surface area contributed by atoms with Crippen LogP contribution in [-0.4, -0.2) is 39.1 Å². The first-order valence-electron chi connectivity index (χ1n) is 9.02. The fourth-order valence-corrected chi connectivity index (χ4v) is 3.43. The summed E-state index contributed by atoms with van der Waals surface area (Å²) in [6.07, 6.45) is 6.19. The van der Waals surface area contributed by atoms with Crippen molar-refractivity contribution in [3.05, 3.63) is 60.2 Å². The number of ether oxygens (including phenoxy) is 1. The summed E-state index contributed by atoms with van der Waals surface area (Å²) in [5.41, 5.74) is 8.19. The molecule has 1 saturated heterocycles. The number of nitrogens with zero attached hydrogens (tertiary/aromatic N) is 4. The molecule has 0 spiro atoms.